The molecule has 0 aliphatic carbocycles. The number of amides is 1. The number of aromatic nitrogens is 3. The van der Waals surface area contributed by atoms with Crippen LogP contribution in [-0.2, 0) is 4.79 Å². The van der Waals surface area contributed by atoms with Crippen molar-refractivity contribution in [3.8, 4) is 17.3 Å². The molecular weight excluding hydrogens is 415 g/mol. The molecule has 0 fully saturated rings. The monoisotopic (exact) mass is 434 g/mol. The Labute approximate surface area is 178 Å². The van der Waals surface area contributed by atoms with Crippen LogP contribution < -0.4 is 14.8 Å². The van der Waals surface area contributed by atoms with Gasteiger partial charge < -0.3 is 14.8 Å². The van der Waals surface area contributed by atoms with E-state index in [4.69, 9.17) is 32.7 Å². The highest BCUT2D eigenvalue weighted by Gasteiger charge is 2.14. The Morgan fingerprint density at radius 1 is 1.17 bits per heavy atom. The molecule has 0 unspecified atom stereocenters. The minimum atomic E-state index is -0.158. The fraction of sp³-hybridized carbons (Fsp3) is 0.250. The molecule has 2 aromatic heterocycles. The van der Waals surface area contributed by atoms with Gasteiger partial charge in [0.2, 0.25) is 5.91 Å². The lowest BCUT2D eigenvalue weighted by molar-refractivity contribution is -0.116. The second-order valence-corrected chi connectivity index (χ2v) is 7.06. The van der Waals surface area contributed by atoms with Crippen LogP contribution >= 0.6 is 23.2 Å². The third-order valence-electron chi connectivity index (χ3n) is 3.96. The van der Waals surface area contributed by atoms with Crippen LogP contribution in [0.5, 0.6) is 11.5 Å². The number of hydrogen-bond donors (Lipinski definition) is 1. The largest absolute Gasteiger partial charge is 0.497 e. The molecule has 152 valence electrons. The van der Waals surface area contributed by atoms with Crippen LogP contribution in [-0.4, -0.2) is 34.4 Å². The Morgan fingerprint density at radius 2 is 1.90 bits per heavy atom. The number of anilines is 1. The number of pyridine rings is 1. The van der Waals surface area contributed by atoms with Gasteiger partial charge in [-0.25, -0.2) is 4.98 Å². The molecule has 1 amide bonds. The summed E-state index contributed by atoms with van der Waals surface area (Å²) in [5, 5.41) is 7.95. The third-order valence-corrected chi connectivity index (χ3v) is 4.45. The van der Waals surface area contributed by atoms with Crippen LogP contribution in [0, 0.1) is 6.92 Å². The first-order chi connectivity index (χ1) is 14.0. The van der Waals surface area contributed by atoms with E-state index in [1.165, 1.54) is 10.9 Å². The van der Waals surface area contributed by atoms with Crippen molar-refractivity contribution in [3.05, 3.63) is 58.3 Å². The lowest BCUT2D eigenvalue weighted by Gasteiger charge is -2.10. The number of carbonyl (C=O) groups excluding carboxylic acids is 1. The number of ether oxygens (including phenoxy) is 2. The van der Waals surface area contributed by atoms with Gasteiger partial charge in [-0.1, -0.05) is 23.2 Å². The molecule has 3 aromatic rings. The zero-order chi connectivity index (χ0) is 20.8. The van der Waals surface area contributed by atoms with Crippen LogP contribution in [0.2, 0.25) is 10.0 Å². The van der Waals surface area contributed by atoms with Crippen LogP contribution in [0.25, 0.3) is 5.82 Å². The van der Waals surface area contributed by atoms with E-state index in [-0.39, 0.29) is 5.91 Å². The fourth-order valence-corrected chi connectivity index (χ4v) is 3.07. The van der Waals surface area contributed by atoms with E-state index in [1.807, 2.05) is 31.2 Å². The average Bonchev–Trinajstić information content (AvgIpc) is 3.05. The lowest BCUT2D eigenvalue weighted by Crippen LogP contribution is -2.16. The number of halogens is 2. The number of nitrogens with one attached hydrogen (secondary N) is 1. The maximum absolute atomic E-state index is 12.3. The summed E-state index contributed by atoms with van der Waals surface area (Å²) >= 11 is 12.1. The summed E-state index contributed by atoms with van der Waals surface area (Å²) < 4.78 is 12.2. The van der Waals surface area contributed by atoms with Crippen LogP contribution in [0.1, 0.15) is 18.5 Å². The summed E-state index contributed by atoms with van der Waals surface area (Å²) in [5.74, 6) is 2.21. The van der Waals surface area contributed by atoms with E-state index < -0.39 is 0 Å². The zero-order valence-electron chi connectivity index (χ0n) is 16.0. The van der Waals surface area contributed by atoms with E-state index in [1.54, 1.807) is 19.2 Å². The highest BCUT2D eigenvalue weighted by molar-refractivity contribution is 6.35. The van der Waals surface area contributed by atoms with Gasteiger partial charge in [-0.15, -0.1) is 0 Å². The van der Waals surface area contributed by atoms with Gasteiger partial charge in [-0.2, -0.15) is 9.78 Å². The first kappa shape index (κ1) is 21.0. The van der Waals surface area contributed by atoms with Crippen LogP contribution in [0.4, 0.5) is 5.82 Å². The SMILES string of the molecule is COc1ccc(OCCCC(=O)Nc2cc(C)nn2-c2ncc(Cl)cc2Cl)cc1. The van der Waals surface area contributed by atoms with Crippen molar-refractivity contribution >= 4 is 34.9 Å². The summed E-state index contributed by atoms with van der Waals surface area (Å²) in [6.07, 6.45) is 2.33. The molecule has 0 aliphatic heterocycles. The number of methoxy groups -OCH3 is 1. The maximum atomic E-state index is 12.3. The van der Waals surface area contributed by atoms with Crippen molar-refractivity contribution in [3.63, 3.8) is 0 Å². The Balaban J connectivity index is 1.55. The molecule has 0 saturated carbocycles. The van der Waals surface area contributed by atoms with Crippen LogP contribution in [0.3, 0.4) is 0 Å². The van der Waals surface area contributed by atoms with Crippen molar-refractivity contribution in [2.75, 3.05) is 19.0 Å². The minimum absolute atomic E-state index is 0.158. The number of carbonyl (C=O) groups is 1. The second kappa shape index (κ2) is 9.62. The van der Waals surface area contributed by atoms with E-state index >= 15 is 0 Å². The topological polar surface area (TPSA) is 78.3 Å². The number of benzene rings is 1. The lowest BCUT2D eigenvalue weighted by atomic mass is 10.3. The first-order valence-electron chi connectivity index (χ1n) is 8.91. The summed E-state index contributed by atoms with van der Waals surface area (Å²) in [7, 11) is 1.61. The third kappa shape index (κ3) is 5.62. The van der Waals surface area contributed by atoms with Gasteiger partial charge in [0.05, 0.1) is 29.5 Å². The number of aryl methyl sites for hydroxylation is 1. The molecule has 7 nitrogen and oxygen atoms in total. The molecule has 3 rings (SSSR count). The molecular formula is C20H20Cl2N4O3. The van der Waals surface area contributed by atoms with Gasteiger partial charge >= 0.3 is 0 Å². The average molecular weight is 435 g/mol. The predicted octanol–water partition coefficient (Wildman–Crippen LogP) is 4.69. The van der Waals surface area contributed by atoms with E-state index in [0.717, 1.165) is 17.2 Å². The standard InChI is InChI=1S/C20H20Cl2N4O3/c1-13-10-18(26(25-13)20-17(22)11-14(21)12-23-20)24-19(27)4-3-9-29-16-7-5-15(28-2)6-8-16/h5-8,10-12H,3-4,9H2,1-2H3,(H,24,27). The van der Waals surface area contributed by atoms with Gasteiger partial charge in [-0.3, -0.25) is 4.79 Å². The molecule has 0 bridgehead atoms. The Bertz CT molecular complexity index is 990. The van der Waals surface area contributed by atoms with Gasteiger partial charge in [0, 0.05) is 18.7 Å². The van der Waals surface area contributed by atoms with E-state index in [9.17, 15) is 4.79 Å². The van der Waals surface area contributed by atoms with Gasteiger partial charge in [0.1, 0.15) is 17.3 Å². The Hall–Kier alpha value is -2.77. The van der Waals surface area contributed by atoms with Crippen LogP contribution in [0.15, 0.2) is 42.6 Å². The minimum Gasteiger partial charge on any atom is -0.497 e. The number of nitrogens with zero attached hydrogens (tertiary/aromatic N) is 3. The van der Waals surface area contributed by atoms with Crippen molar-refractivity contribution < 1.29 is 14.3 Å². The molecule has 29 heavy (non-hydrogen) atoms. The van der Waals surface area contributed by atoms with Crippen molar-refractivity contribution in [2.24, 2.45) is 0 Å². The van der Waals surface area contributed by atoms with Gasteiger partial charge in [0.15, 0.2) is 5.82 Å². The molecule has 9 heteroatoms. The van der Waals surface area contributed by atoms with Crippen molar-refractivity contribution in [2.45, 2.75) is 19.8 Å². The first-order valence-corrected chi connectivity index (χ1v) is 9.66. The Morgan fingerprint density at radius 3 is 2.59 bits per heavy atom. The molecule has 0 spiro atoms. The molecule has 0 saturated heterocycles. The highest BCUT2D eigenvalue weighted by Crippen LogP contribution is 2.25. The highest BCUT2D eigenvalue weighted by atomic mass is 35.5. The smallest absolute Gasteiger partial charge is 0.225 e. The summed E-state index contributed by atoms with van der Waals surface area (Å²) in [6.45, 7) is 2.24. The second-order valence-electron chi connectivity index (χ2n) is 6.22. The van der Waals surface area contributed by atoms with Crippen molar-refractivity contribution in [1.82, 2.24) is 14.8 Å². The van der Waals surface area contributed by atoms with E-state index in [2.05, 4.69) is 15.4 Å². The molecule has 2 heterocycles. The van der Waals surface area contributed by atoms with E-state index in [0.29, 0.717) is 41.1 Å². The number of rotatable bonds is 8. The normalized spacial score (nSPS) is 10.6. The summed E-state index contributed by atoms with van der Waals surface area (Å²) in [4.78, 5) is 16.5. The predicted molar refractivity (Wildman–Crippen MR) is 112 cm³/mol. The van der Waals surface area contributed by atoms with Gasteiger partial charge in [0.25, 0.3) is 0 Å². The maximum Gasteiger partial charge on any atom is 0.225 e. The molecule has 0 aliphatic rings. The molecule has 0 atom stereocenters. The van der Waals surface area contributed by atoms with Crippen molar-refractivity contribution in [1.29, 1.82) is 0 Å². The summed E-state index contributed by atoms with van der Waals surface area (Å²) in [6, 6.07) is 10.6. The zero-order valence-corrected chi connectivity index (χ0v) is 17.5. The van der Waals surface area contributed by atoms with Gasteiger partial charge in [-0.05, 0) is 43.7 Å². The molecule has 1 N–H and O–H groups in total. The quantitative estimate of drug-likeness (QED) is 0.520. The molecule has 1 aromatic carbocycles. The summed E-state index contributed by atoms with van der Waals surface area (Å²) in [5.41, 5.74) is 0.718. The Kier molecular flexibility index (Phi) is 6.95. The molecule has 0 radical (unpaired) electrons. The fourth-order valence-electron chi connectivity index (χ4n) is 2.61. The number of hydrogen-bond acceptors (Lipinski definition) is 5.